The Bertz CT molecular complexity index is 334. The SMILES string of the molecule is Cc1ccc(CN2CCCNC(C)CC2)cn1. The van der Waals surface area contributed by atoms with E-state index in [1.165, 1.54) is 31.5 Å². The quantitative estimate of drug-likeness (QED) is 0.846. The molecule has 94 valence electrons. The maximum Gasteiger partial charge on any atom is 0.0372 e. The number of aromatic nitrogens is 1. The van der Waals surface area contributed by atoms with Gasteiger partial charge >= 0.3 is 0 Å². The zero-order valence-corrected chi connectivity index (χ0v) is 10.9. The highest BCUT2D eigenvalue weighted by Gasteiger charge is 2.11. The number of hydrogen-bond donors (Lipinski definition) is 1. The van der Waals surface area contributed by atoms with Gasteiger partial charge in [-0.2, -0.15) is 0 Å². The van der Waals surface area contributed by atoms with Crippen molar-refractivity contribution in [1.29, 1.82) is 0 Å². The molecular weight excluding hydrogens is 210 g/mol. The molecule has 1 saturated heterocycles. The number of pyridine rings is 1. The van der Waals surface area contributed by atoms with Crippen LogP contribution in [0.3, 0.4) is 0 Å². The minimum Gasteiger partial charge on any atom is -0.314 e. The molecule has 2 heterocycles. The van der Waals surface area contributed by atoms with Gasteiger partial charge in [0.25, 0.3) is 0 Å². The van der Waals surface area contributed by atoms with Crippen LogP contribution in [-0.4, -0.2) is 35.6 Å². The molecule has 0 aromatic carbocycles. The van der Waals surface area contributed by atoms with Crippen LogP contribution >= 0.6 is 0 Å². The Morgan fingerprint density at radius 1 is 1.41 bits per heavy atom. The van der Waals surface area contributed by atoms with E-state index in [-0.39, 0.29) is 0 Å². The van der Waals surface area contributed by atoms with Crippen molar-refractivity contribution in [2.75, 3.05) is 19.6 Å². The molecule has 1 aromatic rings. The van der Waals surface area contributed by atoms with Gasteiger partial charge in [0.15, 0.2) is 0 Å². The highest BCUT2D eigenvalue weighted by Crippen LogP contribution is 2.08. The average molecular weight is 233 g/mol. The van der Waals surface area contributed by atoms with Crippen molar-refractivity contribution in [3.8, 4) is 0 Å². The summed E-state index contributed by atoms with van der Waals surface area (Å²) >= 11 is 0. The predicted octanol–water partition coefficient (Wildman–Crippen LogP) is 1.96. The van der Waals surface area contributed by atoms with Crippen molar-refractivity contribution in [2.24, 2.45) is 0 Å². The first-order chi connectivity index (χ1) is 8.24. The van der Waals surface area contributed by atoms with Crippen LogP contribution in [-0.2, 0) is 6.54 Å². The second kappa shape index (κ2) is 6.12. The second-order valence-corrected chi connectivity index (χ2v) is 5.08. The third kappa shape index (κ3) is 4.10. The Hall–Kier alpha value is -0.930. The maximum absolute atomic E-state index is 4.36. The fourth-order valence-electron chi connectivity index (χ4n) is 2.25. The molecule has 0 spiro atoms. The lowest BCUT2D eigenvalue weighted by Crippen LogP contribution is -2.38. The van der Waals surface area contributed by atoms with Gasteiger partial charge in [0.05, 0.1) is 0 Å². The molecule has 0 bridgehead atoms. The Labute approximate surface area is 104 Å². The molecule has 1 aromatic heterocycles. The van der Waals surface area contributed by atoms with Crippen LogP contribution in [0.15, 0.2) is 18.3 Å². The van der Waals surface area contributed by atoms with Crippen LogP contribution in [0.1, 0.15) is 31.0 Å². The lowest BCUT2D eigenvalue weighted by atomic mass is 10.1. The molecule has 17 heavy (non-hydrogen) atoms. The molecule has 1 atom stereocenters. The molecule has 1 fully saturated rings. The monoisotopic (exact) mass is 233 g/mol. The number of nitrogens with zero attached hydrogens (tertiary/aromatic N) is 2. The molecule has 0 saturated carbocycles. The molecule has 0 aliphatic carbocycles. The van der Waals surface area contributed by atoms with Crippen molar-refractivity contribution < 1.29 is 0 Å². The van der Waals surface area contributed by atoms with E-state index in [9.17, 15) is 0 Å². The van der Waals surface area contributed by atoms with Gasteiger partial charge in [-0.25, -0.2) is 0 Å². The third-order valence-corrected chi connectivity index (χ3v) is 3.40. The first-order valence-electron chi connectivity index (χ1n) is 6.61. The molecule has 2 rings (SSSR count). The summed E-state index contributed by atoms with van der Waals surface area (Å²) in [6.45, 7) is 8.86. The van der Waals surface area contributed by atoms with Gasteiger partial charge in [0.2, 0.25) is 0 Å². The van der Waals surface area contributed by atoms with Crippen molar-refractivity contribution >= 4 is 0 Å². The number of aryl methyl sites for hydroxylation is 1. The number of rotatable bonds is 2. The van der Waals surface area contributed by atoms with Gasteiger partial charge in [0, 0.05) is 24.5 Å². The van der Waals surface area contributed by atoms with Crippen LogP contribution in [0.2, 0.25) is 0 Å². The van der Waals surface area contributed by atoms with E-state index < -0.39 is 0 Å². The van der Waals surface area contributed by atoms with Crippen LogP contribution in [0.5, 0.6) is 0 Å². The summed E-state index contributed by atoms with van der Waals surface area (Å²) in [6.07, 6.45) is 4.48. The molecule has 1 aliphatic rings. The summed E-state index contributed by atoms with van der Waals surface area (Å²) in [7, 11) is 0. The summed E-state index contributed by atoms with van der Waals surface area (Å²) in [4.78, 5) is 6.91. The fourth-order valence-corrected chi connectivity index (χ4v) is 2.25. The summed E-state index contributed by atoms with van der Waals surface area (Å²) in [5.74, 6) is 0. The van der Waals surface area contributed by atoms with E-state index >= 15 is 0 Å². The van der Waals surface area contributed by atoms with Crippen molar-refractivity contribution in [1.82, 2.24) is 15.2 Å². The summed E-state index contributed by atoms with van der Waals surface area (Å²) in [6, 6.07) is 4.95. The fraction of sp³-hybridized carbons (Fsp3) is 0.643. The van der Waals surface area contributed by atoms with Crippen molar-refractivity contribution in [3.63, 3.8) is 0 Å². The van der Waals surface area contributed by atoms with E-state index in [4.69, 9.17) is 0 Å². The predicted molar refractivity (Wildman–Crippen MR) is 70.9 cm³/mol. The van der Waals surface area contributed by atoms with Gasteiger partial charge in [-0.15, -0.1) is 0 Å². The molecule has 3 heteroatoms. The van der Waals surface area contributed by atoms with Gasteiger partial charge in [0.1, 0.15) is 0 Å². The summed E-state index contributed by atoms with van der Waals surface area (Å²) in [5, 5.41) is 3.54. The summed E-state index contributed by atoms with van der Waals surface area (Å²) in [5.41, 5.74) is 2.43. The molecule has 0 radical (unpaired) electrons. The molecule has 1 unspecified atom stereocenters. The number of nitrogens with one attached hydrogen (secondary N) is 1. The third-order valence-electron chi connectivity index (χ3n) is 3.40. The van der Waals surface area contributed by atoms with E-state index in [0.29, 0.717) is 6.04 Å². The minimum atomic E-state index is 0.647. The van der Waals surface area contributed by atoms with E-state index in [2.05, 4.69) is 34.3 Å². The van der Waals surface area contributed by atoms with Crippen molar-refractivity contribution in [3.05, 3.63) is 29.6 Å². The van der Waals surface area contributed by atoms with E-state index in [1.54, 1.807) is 0 Å². The Morgan fingerprint density at radius 2 is 2.29 bits per heavy atom. The number of hydrogen-bond acceptors (Lipinski definition) is 3. The smallest absolute Gasteiger partial charge is 0.0372 e. The first kappa shape index (κ1) is 12.5. The Balaban J connectivity index is 1.90. The zero-order chi connectivity index (χ0) is 12.1. The highest BCUT2D eigenvalue weighted by atomic mass is 15.1. The van der Waals surface area contributed by atoms with Gasteiger partial charge in [-0.05, 0) is 58.0 Å². The normalized spacial score (nSPS) is 23.1. The average Bonchev–Trinajstić information content (AvgIpc) is 2.31. The Morgan fingerprint density at radius 3 is 3.06 bits per heavy atom. The van der Waals surface area contributed by atoms with Gasteiger partial charge < -0.3 is 5.32 Å². The van der Waals surface area contributed by atoms with Crippen molar-refractivity contribution in [2.45, 2.75) is 39.3 Å². The standard InChI is InChI=1S/C14H23N3/c1-12-4-5-14(10-16-12)11-17-8-3-7-15-13(2)6-9-17/h4-5,10,13,15H,3,6-9,11H2,1-2H3. The lowest BCUT2D eigenvalue weighted by Gasteiger charge is -2.27. The molecule has 1 aliphatic heterocycles. The zero-order valence-electron chi connectivity index (χ0n) is 10.9. The van der Waals surface area contributed by atoms with E-state index in [0.717, 1.165) is 18.8 Å². The van der Waals surface area contributed by atoms with Crippen LogP contribution in [0.25, 0.3) is 0 Å². The molecule has 3 nitrogen and oxygen atoms in total. The molecule has 1 N–H and O–H groups in total. The molecule has 0 amide bonds. The van der Waals surface area contributed by atoms with Crippen LogP contribution in [0.4, 0.5) is 0 Å². The maximum atomic E-state index is 4.36. The van der Waals surface area contributed by atoms with E-state index in [1.807, 2.05) is 13.1 Å². The minimum absolute atomic E-state index is 0.647. The summed E-state index contributed by atoms with van der Waals surface area (Å²) < 4.78 is 0. The molecular formula is C14H23N3. The Kier molecular flexibility index (Phi) is 4.51. The van der Waals surface area contributed by atoms with Gasteiger partial charge in [-0.3, -0.25) is 9.88 Å². The van der Waals surface area contributed by atoms with Crippen LogP contribution in [0, 0.1) is 6.92 Å². The first-order valence-corrected chi connectivity index (χ1v) is 6.61. The van der Waals surface area contributed by atoms with Gasteiger partial charge in [-0.1, -0.05) is 6.07 Å². The largest absolute Gasteiger partial charge is 0.314 e. The second-order valence-electron chi connectivity index (χ2n) is 5.08. The lowest BCUT2D eigenvalue weighted by molar-refractivity contribution is 0.229. The highest BCUT2D eigenvalue weighted by molar-refractivity contribution is 5.12. The van der Waals surface area contributed by atoms with Crippen LogP contribution < -0.4 is 5.32 Å². The topological polar surface area (TPSA) is 28.2 Å².